The van der Waals surface area contributed by atoms with Gasteiger partial charge >= 0.3 is 5.97 Å². The van der Waals surface area contributed by atoms with Crippen molar-refractivity contribution in [2.75, 3.05) is 46.6 Å². The van der Waals surface area contributed by atoms with Gasteiger partial charge in [0.2, 0.25) is 0 Å². The topological polar surface area (TPSA) is 98.1 Å². The molecule has 1 aromatic rings. The minimum atomic E-state index is -0.499. The Bertz CT molecular complexity index is 747. The second-order valence-corrected chi connectivity index (χ2v) is 5.58. The van der Waals surface area contributed by atoms with Crippen molar-refractivity contribution < 1.29 is 28.5 Å². The number of nitriles is 1. The SMILES string of the molecule is CCOC(=O)COc1cc(/C=C(/C#N)C(=O)N2CCOCC2)ccc1OC. The normalized spacial score (nSPS) is 14.3. The van der Waals surface area contributed by atoms with Crippen molar-refractivity contribution in [3.63, 3.8) is 0 Å². The van der Waals surface area contributed by atoms with Gasteiger partial charge in [-0.1, -0.05) is 6.07 Å². The van der Waals surface area contributed by atoms with Crippen molar-refractivity contribution >= 4 is 18.0 Å². The smallest absolute Gasteiger partial charge is 0.344 e. The maximum absolute atomic E-state index is 12.5. The Hall–Kier alpha value is -3.05. The standard InChI is InChI=1S/C19H22N2O6/c1-3-26-18(22)13-27-17-11-14(4-5-16(17)24-2)10-15(12-20)19(23)21-6-8-25-9-7-21/h4-5,10-11H,3,6-9,13H2,1-2H3/b15-10-. The van der Waals surface area contributed by atoms with Crippen molar-refractivity contribution in [3.05, 3.63) is 29.3 Å². The minimum absolute atomic E-state index is 0.0124. The zero-order chi connectivity index (χ0) is 19.6. The molecule has 1 aliphatic heterocycles. The molecule has 1 amide bonds. The molecule has 8 heteroatoms. The van der Waals surface area contributed by atoms with Gasteiger partial charge in [0, 0.05) is 13.1 Å². The fraction of sp³-hybridized carbons (Fsp3) is 0.421. The molecule has 1 heterocycles. The number of carbonyl (C=O) groups excluding carboxylic acids is 2. The van der Waals surface area contributed by atoms with Crippen LogP contribution in [-0.4, -0.2) is 63.4 Å². The largest absolute Gasteiger partial charge is 0.493 e. The van der Waals surface area contributed by atoms with Crippen LogP contribution in [0.3, 0.4) is 0 Å². The summed E-state index contributed by atoms with van der Waals surface area (Å²) in [4.78, 5) is 25.6. The van der Waals surface area contributed by atoms with Crippen LogP contribution in [-0.2, 0) is 19.1 Å². The molecule has 2 rings (SSSR count). The molecule has 1 saturated heterocycles. The highest BCUT2D eigenvalue weighted by atomic mass is 16.6. The molecule has 0 unspecified atom stereocenters. The Kier molecular flexibility index (Phi) is 7.64. The monoisotopic (exact) mass is 374 g/mol. The molecule has 0 atom stereocenters. The molecule has 0 aliphatic carbocycles. The molecular weight excluding hydrogens is 352 g/mol. The lowest BCUT2D eigenvalue weighted by Crippen LogP contribution is -2.41. The van der Waals surface area contributed by atoms with Gasteiger partial charge in [-0.25, -0.2) is 4.79 Å². The zero-order valence-electron chi connectivity index (χ0n) is 15.4. The van der Waals surface area contributed by atoms with E-state index >= 15 is 0 Å². The van der Waals surface area contributed by atoms with E-state index in [1.165, 1.54) is 13.2 Å². The number of benzene rings is 1. The Morgan fingerprint density at radius 1 is 1.30 bits per heavy atom. The van der Waals surface area contributed by atoms with Gasteiger partial charge in [-0.15, -0.1) is 0 Å². The van der Waals surface area contributed by atoms with Crippen molar-refractivity contribution in [2.45, 2.75) is 6.92 Å². The van der Waals surface area contributed by atoms with Gasteiger partial charge in [0.15, 0.2) is 18.1 Å². The Morgan fingerprint density at radius 3 is 2.67 bits per heavy atom. The lowest BCUT2D eigenvalue weighted by atomic mass is 10.1. The minimum Gasteiger partial charge on any atom is -0.493 e. The highest BCUT2D eigenvalue weighted by Gasteiger charge is 2.20. The summed E-state index contributed by atoms with van der Waals surface area (Å²) in [6.45, 7) is 3.52. The molecule has 27 heavy (non-hydrogen) atoms. The van der Waals surface area contributed by atoms with Crippen molar-refractivity contribution in [1.29, 1.82) is 5.26 Å². The molecule has 8 nitrogen and oxygen atoms in total. The van der Waals surface area contributed by atoms with Crippen LogP contribution in [0.5, 0.6) is 11.5 Å². The number of ether oxygens (including phenoxy) is 4. The summed E-state index contributed by atoms with van der Waals surface area (Å²) in [7, 11) is 1.48. The predicted molar refractivity (Wildman–Crippen MR) is 96.1 cm³/mol. The Morgan fingerprint density at radius 2 is 2.04 bits per heavy atom. The van der Waals surface area contributed by atoms with Crippen LogP contribution >= 0.6 is 0 Å². The van der Waals surface area contributed by atoms with E-state index in [9.17, 15) is 14.9 Å². The summed E-state index contributed by atoms with van der Waals surface area (Å²) in [6.07, 6.45) is 1.48. The van der Waals surface area contributed by atoms with Crippen LogP contribution in [0.4, 0.5) is 0 Å². The third kappa shape index (κ3) is 5.72. The summed E-state index contributed by atoms with van der Waals surface area (Å²) in [5, 5.41) is 9.38. The molecule has 0 aromatic heterocycles. The number of methoxy groups -OCH3 is 1. The number of hydrogen-bond acceptors (Lipinski definition) is 7. The summed E-state index contributed by atoms with van der Waals surface area (Å²) in [5.41, 5.74) is 0.589. The van der Waals surface area contributed by atoms with Crippen LogP contribution in [0.1, 0.15) is 12.5 Å². The first-order valence-corrected chi connectivity index (χ1v) is 8.54. The van der Waals surface area contributed by atoms with Gasteiger partial charge < -0.3 is 23.8 Å². The molecule has 1 aromatic carbocycles. The maximum atomic E-state index is 12.5. The first-order valence-electron chi connectivity index (χ1n) is 8.54. The van der Waals surface area contributed by atoms with Crippen molar-refractivity contribution in [2.24, 2.45) is 0 Å². The Balaban J connectivity index is 2.19. The molecule has 0 spiro atoms. The molecule has 0 N–H and O–H groups in total. The first kappa shape index (κ1) is 20.3. The average Bonchev–Trinajstić information content (AvgIpc) is 2.71. The second kappa shape index (κ2) is 10.2. The van der Waals surface area contributed by atoms with Crippen LogP contribution in [0.15, 0.2) is 23.8 Å². The van der Waals surface area contributed by atoms with Gasteiger partial charge in [0.1, 0.15) is 11.6 Å². The van der Waals surface area contributed by atoms with Gasteiger partial charge in [0.25, 0.3) is 5.91 Å². The van der Waals surface area contributed by atoms with E-state index in [-0.39, 0.29) is 24.7 Å². The van der Waals surface area contributed by atoms with Crippen LogP contribution in [0, 0.1) is 11.3 Å². The quantitative estimate of drug-likeness (QED) is 0.404. The third-order valence-corrected chi connectivity index (χ3v) is 3.80. The van der Waals surface area contributed by atoms with Crippen LogP contribution < -0.4 is 9.47 Å². The number of carbonyl (C=O) groups is 2. The summed E-state index contributed by atoms with van der Waals surface area (Å²) in [6, 6.07) is 6.88. The van der Waals surface area contributed by atoms with E-state index in [1.807, 2.05) is 6.07 Å². The maximum Gasteiger partial charge on any atom is 0.344 e. The fourth-order valence-corrected chi connectivity index (χ4v) is 2.48. The van der Waals surface area contributed by atoms with Gasteiger partial charge in [-0.3, -0.25) is 4.79 Å². The number of rotatable bonds is 7. The van der Waals surface area contributed by atoms with E-state index in [0.717, 1.165) is 0 Å². The number of amides is 1. The molecule has 1 aliphatic rings. The molecular formula is C19H22N2O6. The van der Waals surface area contributed by atoms with E-state index in [0.29, 0.717) is 43.4 Å². The zero-order valence-corrected chi connectivity index (χ0v) is 15.4. The van der Waals surface area contributed by atoms with E-state index in [2.05, 4.69) is 0 Å². The van der Waals surface area contributed by atoms with E-state index in [1.54, 1.807) is 30.0 Å². The summed E-state index contributed by atoms with van der Waals surface area (Å²) >= 11 is 0. The van der Waals surface area contributed by atoms with Crippen LogP contribution in [0.25, 0.3) is 6.08 Å². The van der Waals surface area contributed by atoms with E-state index < -0.39 is 5.97 Å². The Labute approximate surface area is 157 Å². The van der Waals surface area contributed by atoms with Gasteiger partial charge in [0.05, 0.1) is 26.9 Å². The fourth-order valence-electron chi connectivity index (χ4n) is 2.48. The van der Waals surface area contributed by atoms with Gasteiger partial charge in [-0.2, -0.15) is 5.26 Å². The first-order chi connectivity index (χ1) is 13.1. The number of esters is 1. The highest BCUT2D eigenvalue weighted by molar-refractivity contribution is 6.01. The molecule has 0 saturated carbocycles. The summed E-state index contributed by atoms with van der Waals surface area (Å²) < 4.78 is 20.7. The predicted octanol–water partition coefficient (Wildman–Crippen LogP) is 1.40. The van der Waals surface area contributed by atoms with Gasteiger partial charge in [-0.05, 0) is 30.7 Å². The van der Waals surface area contributed by atoms with Crippen molar-refractivity contribution in [3.8, 4) is 17.6 Å². The average molecular weight is 374 g/mol. The van der Waals surface area contributed by atoms with Crippen LogP contribution in [0.2, 0.25) is 0 Å². The lowest BCUT2D eigenvalue weighted by molar-refractivity contribution is -0.145. The number of hydrogen-bond donors (Lipinski definition) is 0. The number of nitrogens with zero attached hydrogens (tertiary/aromatic N) is 2. The molecule has 0 radical (unpaired) electrons. The van der Waals surface area contributed by atoms with Crippen molar-refractivity contribution in [1.82, 2.24) is 4.90 Å². The third-order valence-electron chi connectivity index (χ3n) is 3.80. The second-order valence-electron chi connectivity index (χ2n) is 5.58. The molecule has 144 valence electrons. The molecule has 0 bridgehead atoms. The number of morpholine rings is 1. The highest BCUT2D eigenvalue weighted by Crippen LogP contribution is 2.29. The molecule has 1 fully saturated rings. The summed E-state index contributed by atoms with van der Waals surface area (Å²) in [5.74, 6) is -0.101. The lowest BCUT2D eigenvalue weighted by Gasteiger charge is -2.26. The van der Waals surface area contributed by atoms with E-state index in [4.69, 9.17) is 18.9 Å².